The van der Waals surface area contributed by atoms with E-state index in [4.69, 9.17) is 5.11 Å². The Morgan fingerprint density at radius 1 is 1.00 bits per heavy atom. The van der Waals surface area contributed by atoms with Crippen molar-refractivity contribution in [2.24, 2.45) is 0 Å². The zero-order valence-corrected chi connectivity index (χ0v) is 11.7. The Balaban J connectivity index is 3.94. The summed E-state index contributed by atoms with van der Waals surface area (Å²) in [6.07, 6.45) is 0. The Morgan fingerprint density at radius 3 is 1.74 bits per heavy atom. The van der Waals surface area contributed by atoms with E-state index in [9.17, 15) is 33.5 Å². The summed E-state index contributed by atoms with van der Waals surface area (Å²) in [5.41, 5.74) is -1.11. The van der Waals surface area contributed by atoms with Crippen molar-refractivity contribution >= 4 is 31.8 Å². The first-order chi connectivity index (χ1) is 8.37. The maximum Gasteiger partial charge on any atom is 0.357 e. The van der Waals surface area contributed by atoms with Gasteiger partial charge in [0, 0.05) is 0 Å². The van der Waals surface area contributed by atoms with Crippen molar-refractivity contribution in [3.05, 3.63) is 22.8 Å². The van der Waals surface area contributed by atoms with E-state index < -0.39 is 42.9 Å². The first-order valence-corrected chi connectivity index (χ1v) is 8.09. The summed E-state index contributed by atoms with van der Waals surface area (Å²) in [7, 11) is -9.76. The fourth-order valence-electron chi connectivity index (χ4n) is 1.95. The first kappa shape index (κ1) is 16.0. The summed E-state index contributed by atoms with van der Waals surface area (Å²) in [6, 6.07) is 0.845. The van der Waals surface area contributed by atoms with Crippen molar-refractivity contribution in [1.29, 1.82) is 0 Å². The number of rotatable bonds is 3. The molecule has 1 aromatic carbocycles. The Hall–Kier alpha value is -1.01. The zero-order valence-electron chi connectivity index (χ0n) is 9.93. The molecular formula is C9H12O8P2. The van der Waals surface area contributed by atoms with Gasteiger partial charge in [0.2, 0.25) is 0 Å². The average Bonchev–Trinajstić information content (AvgIpc) is 2.11. The maximum atomic E-state index is 11.3. The predicted molar refractivity (Wildman–Crippen MR) is 66.2 cm³/mol. The lowest BCUT2D eigenvalue weighted by Crippen LogP contribution is -2.28. The minimum absolute atomic E-state index is 0.0413. The number of carboxylic acid groups (broad SMARTS) is 1. The smallest absolute Gasteiger partial charge is 0.357 e. The summed E-state index contributed by atoms with van der Waals surface area (Å²) in [5, 5.41) is 7.50. The van der Waals surface area contributed by atoms with Crippen molar-refractivity contribution in [2.75, 3.05) is 0 Å². The summed E-state index contributed by atoms with van der Waals surface area (Å²) in [4.78, 5) is 47.7. The Kier molecular flexibility index (Phi) is 4.08. The topological polar surface area (TPSA) is 152 Å². The predicted octanol–water partition coefficient (Wildman–Crippen LogP) is -0.392. The second kappa shape index (κ2) is 4.83. The summed E-state index contributed by atoms with van der Waals surface area (Å²) in [6.45, 7) is 2.33. The van der Waals surface area contributed by atoms with E-state index in [1.807, 2.05) is 0 Å². The number of aryl methyl sites for hydroxylation is 1. The number of aromatic carboxylic acids is 1. The van der Waals surface area contributed by atoms with Gasteiger partial charge in [-0.15, -0.1) is 0 Å². The monoisotopic (exact) mass is 310 g/mol. The lowest BCUT2D eigenvalue weighted by atomic mass is 10.1. The van der Waals surface area contributed by atoms with Gasteiger partial charge in [-0.3, -0.25) is 9.13 Å². The summed E-state index contributed by atoms with van der Waals surface area (Å²) < 4.78 is 22.7. The molecule has 0 atom stereocenters. The van der Waals surface area contributed by atoms with E-state index >= 15 is 0 Å². The molecule has 0 unspecified atom stereocenters. The molecule has 5 N–H and O–H groups in total. The molecule has 0 aromatic heterocycles. The molecule has 0 spiro atoms. The maximum absolute atomic E-state index is 11.3. The van der Waals surface area contributed by atoms with Crippen molar-refractivity contribution in [3.8, 4) is 0 Å². The molecule has 0 saturated carbocycles. The van der Waals surface area contributed by atoms with Gasteiger partial charge in [-0.05, 0) is 31.0 Å². The third-order valence-corrected chi connectivity index (χ3v) is 4.94. The number of carbonyl (C=O) groups is 1. The highest BCUT2D eigenvalue weighted by Gasteiger charge is 2.34. The first-order valence-electron chi connectivity index (χ1n) is 4.87. The molecule has 0 amide bonds. The van der Waals surface area contributed by atoms with Crippen LogP contribution in [0.3, 0.4) is 0 Å². The Morgan fingerprint density at radius 2 is 1.42 bits per heavy atom. The van der Waals surface area contributed by atoms with Gasteiger partial charge < -0.3 is 24.7 Å². The molecule has 0 fully saturated rings. The molecule has 0 bridgehead atoms. The fraction of sp³-hybridized carbons (Fsp3) is 0.222. The standard InChI is InChI=1S/C9H12O8P2/c1-4-3-6(9(10)11)8(19(15,16)17)5(2)7(4)18(12,13)14/h3H,1-2H3,(H,10,11)(H2,12,13,14)(H2,15,16,17). The largest absolute Gasteiger partial charge is 0.478 e. The van der Waals surface area contributed by atoms with Crippen molar-refractivity contribution < 1.29 is 38.6 Å². The highest BCUT2D eigenvalue weighted by atomic mass is 31.2. The minimum Gasteiger partial charge on any atom is -0.478 e. The molecule has 1 rings (SSSR count). The highest BCUT2D eigenvalue weighted by Crippen LogP contribution is 2.41. The zero-order chi connectivity index (χ0) is 15.2. The van der Waals surface area contributed by atoms with E-state index in [2.05, 4.69) is 0 Å². The van der Waals surface area contributed by atoms with Gasteiger partial charge in [0.05, 0.1) is 16.2 Å². The molecule has 8 nitrogen and oxygen atoms in total. The summed E-state index contributed by atoms with van der Waals surface area (Å²) >= 11 is 0. The van der Waals surface area contributed by atoms with Crippen LogP contribution in [0, 0.1) is 13.8 Å². The van der Waals surface area contributed by atoms with Gasteiger partial charge in [-0.1, -0.05) is 0 Å². The molecular weight excluding hydrogens is 298 g/mol. The van der Waals surface area contributed by atoms with Crippen LogP contribution in [0.1, 0.15) is 21.5 Å². The molecule has 0 aliphatic carbocycles. The number of hydrogen-bond donors (Lipinski definition) is 5. The molecule has 0 heterocycles. The molecule has 0 aliphatic rings. The van der Waals surface area contributed by atoms with Gasteiger partial charge >= 0.3 is 21.2 Å². The number of carboxylic acids is 1. The van der Waals surface area contributed by atoms with Crippen LogP contribution in [0.4, 0.5) is 0 Å². The van der Waals surface area contributed by atoms with Gasteiger partial charge in [-0.25, -0.2) is 4.79 Å². The quantitative estimate of drug-likeness (QED) is 0.473. The fourth-order valence-corrected chi connectivity index (χ4v) is 4.13. The van der Waals surface area contributed by atoms with E-state index in [0.717, 1.165) is 13.0 Å². The van der Waals surface area contributed by atoms with Crippen LogP contribution < -0.4 is 10.6 Å². The lowest BCUT2D eigenvalue weighted by Gasteiger charge is -2.18. The van der Waals surface area contributed by atoms with Crippen LogP contribution in [0.15, 0.2) is 6.07 Å². The van der Waals surface area contributed by atoms with Crippen LogP contribution >= 0.6 is 15.2 Å². The molecule has 106 valence electrons. The van der Waals surface area contributed by atoms with Gasteiger partial charge in [0.25, 0.3) is 0 Å². The van der Waals surface area contributed by atoms with Crippen molar-refractivity contribution in [3.63, 3.8) is 0 Å². The molecule has 19 heavy (non-hydrogen) atoms. The molecule has 0 saturated heterocycles. The van der Waals surface area contributed by atoms with Crippen molar-refractivity contribution in [1.82, 2.24) is 0 Å². The van der Waals surface area contributed by atoms with E-state index in [1.54, 1.807) is 0 Å². The van der Waals surface area contributed by atoms with Crippen LogP contribution in [0.5, 0.6) is 0 Å². The second-order valence-corrected chi connectivity index (χ2v) is 7.03. The van der Waals surface area contributed by atoms with E-state index in [0.29, 0.717) is 0 Å². The third-order valence-electron chi connectivity index (χ3n) is 2.51. The van der Waals surface area contributed by atoms with Crippen LogP contribution in [-0.4, -0.2) is 30.6 Å². The normalized spacial score (nSPS) is 12.5. The number of hydrogen-bond acceptors (Lipinski definition) is 3. The Labute approximate surface area is 108 Å². The third kappa shape index (κ3) is 3.12. The van der Waals surface area contributed by atoms with Crippen LogP contribution in [0.25, 0.3) is 0 Å². The molecule has 1 aromatic rings. The average molecular weight is 310 g/mol. The van der Waals surface area contributed by atoms with Crippen LogP contribution in [-0.2, 0) is 9.13 Å². The molecule has 10 heteroatoms. The minimum atomic E-state index is -4.99. The van der Waals surface area contributed by atoms with Gasteiger partial charge in [-0.2, -0.15) is 0 Å². The summed E-state index contributed by atoms with van der Waals surface area (Å²) in [5.74, 6) is -1.58. The highest BCUT2D eigenvalue weighted by molar-refractivity contribution is 7.62. The lowest BCUT2D eigenvalue weighted by molar-refractivity contribution is 0.0697. The van der Waals surface area contributed by atoms with E-state index in [1.165, 1.54) is 6.92 Å². The van der Waals surface area contributed by atoms with Gasteiger partial charge in [0.15, 0.2) is 0 Å². The molecule has 0 aliphatic heterocycles. The van der Waals surface area contributed by atoms with Crippen molar-refractivity contribution in [2.45, 2.75) is 13.8 Å². The Bertz CT molecular complexity index is 638. The SMILES string of the molecule is Cc1cc(C(=O)O)c(P(=O)(O)O)c(C)c1P(=O)(O)O. The molecule has 0 radical (unpaired) electrons. The number of benzene rings is 1. The van der Waals surface area contributed by atoms with Gasteiger partial charge in [0.1, 0.15) is 0 Å². The van der Waals surface area contributed by atoms with E-state index in [-0.39, 0.29) is 5.56 Å². The second-order valence-electron chi connectivity index (χ2n) is 3.96. The van der Waals surface area contributed by atoms with Crippen LogP contribution in [0.2, 0.25) is 0 Å².